The van der Waals surface area contributed by atoms with Crippen LogP contribution in [0.5, 0.6) is 0 Å². The van der Waals surface area contributed by atoms with Crippen molar-refractivity contribution in [3.63, 3.8) is 0 Å². The summed E-state index contributed by atoms with van der Waals surface area (Å²) >= 11 is 3.48. The molecule has 1 aromatic rings. The van der Waals surface area contributed by atoms with Crippen LogP contribution in [-0.4, -0.2) is 54.3 Å². The van der Waals surface area contributed by atoms with Crippen molar-refractivity contribution in [2.24, 2.45) is 5.92 Å². The normalized spacial score (nSPS) is 21.9. The molecule has 6 heteroatoms. The summed E-state index contributed by atoms with van der Waals surface area (Å²) in [4.78, 5) is 30.1. The van der Waals surface area contributed by atoms with Crippen LogP contribution >= 0.6 is 15.9 Å². The molecule has 2 aliphatic rings. The van der Waals surface area contributed by atoms with E-state index in [1.807, 2.05) is 29.2 Å². The van der Waals surface area contributed by atoms with E-state index < -0.39 is 0 Å². The molecule has 0 radical (unpaired) electrons. The molecule has 148 valence electrons. The maximum Gasteiger partial charge on any atom is 0.244 e. The predicted octanol–water partition coefficient (Wildman–Crippen LogP) is 3.35. The van der Waals surface area contributed by atoms with Crippen LogP contribution in [0.3, 0.4) is 0 Å². The van der Waals surface area contributed by atoms with Gasteiger partial charge in [0.2, 0.25) is 11.8 Å². The first kappa shape index (κ1) is 20.3. The monoisotopic (exact) mass is 435 g/mol. The zero-order valence-corrected chi connectivity index (χ0v) is 17.7. The van der Waals surface area contributed by atoms with Gasteiger partial charge in [0.25, 0.3) is 0 Å². The van der Waals surface area contributed by atoms with Crippen molar-refractivity contribution in [1.29, 1.82) is 0 Å². The lowest BCUT2D eigenvalue weighted by Crippen LogP contribution is -2.49. The predicted molar refractivity (Wildman–Crippen MR) is 110 cm³/mol. The number of likely N-dealkylation sites (tertiary alicyclic amines) is 2. The van der Waals surface area contributed by atoms with Crippen molar-refractivity contribution in [3.8, 4) is 0 Å². The maximum atomic E-state index is 13.5. The van der Waals surface area contributed by atoms with Crippen LogP contribution in [0.4, 0.5) is 0 Å². The van der Waals surface area contributed by atoms with Gasteiger partial charge >= 0.3 is 0 Å². The van der Waals surface area contributed by atoms with Gasteiger partial charge in [-0.2, -0.15) is 0 Å². The molecule has 0 unspecified atom stereocenters. The largest absolute Gasteiger partial charge is 0.356 e. The van der Waals surface area contributed by atoms with Crippen LogP contribution in [0.2, 0.25) is 0 Å². The van der Waals surface area contributed by atoms with E-state index in [9.17, 15) is 9.59 Å². The molecule has 0 spiro atoms. The lowest BCUT2D eigenvalue weighted by atomic mass is 9.95. The summed E-state index contributed by atoms with van der Waals surface area (Å²) in [6.45, 7) is 5.96. The van der Waals surface area contributed by atoms with Gasteiger partial charge in [-0.25, -0.2) is 0 Å². The summed E-state index contributed by atoms with van der Waals surface area (Å²) < 4.78 is 1.02. The van der Waals surface area contributed by atoms with Crippen LogP contribution < -0.4 is 5.32 Å². The molecule has 2 aliphatic heterocycles. The van der Waals surface area contributed by atoms with Gasteiger partial charge in [-0.05, 0) is 62.9 Å². The standard InChI is InChI=1S/C21H30BrN3O2/c1-2-11-23-20(26)17-6-5-14-25(15-17)21(27)19(24-12-3-4-13-24)16-7-9-18(22)10-8-16/h7-10,17,19H,2-6,11-15H2,1H3,(H,23,26)/t17-,19+/m1/s1. The van der Waals surface area contributed by atoms with Crippen LogP contribution in [0, 0.1) is 5.92 Å². The second-order valence-corrected chi connectivity index (χ2v) is 8.53. The second-order valence-electron chi connectivity index (χ2n) is 7.61. The van der Waals surface area contributed by atoms with Crippen molar-refractivity contribution >= 4 is 27.7 Å². The second kappa shape index (κ2) is 9.69. The summed E-state index contributed by atoms with van der Waals surface area (Å²) in [7, 11) is 0. The van der Waals surface area contributed by atoms with E-state index >= 15 is 0 Å². The Kier molecular flexibility index (Phi) is 7.30. The molecule has 1 aromatic carbocycles. The first-order valence-corrected chi connectivity index (χ1v) is 11.0. The molecule has 5 nitrogen and oxygen atoms in total. The number of benzene rings is 1. The minimum atomic E-state index is -0.238. The van der Waals surface area contributed by atoms with E-state index in [1.165, 1.54) is 0 Å². The number of nitrogens with zero attached hydrogens (tertiary/aromatic N) is 2. The van der Waals surface area contributed by atoms with Crippen LogP contribution in [-0.2, 0) is 9.59 Å². The number of hydrogen-bond donors (Lipinski definition) is 1. The van der Waals surface area contributed by atoms with Gasteiger partial charge in [-0.1, -0.05) is 35.0 Å². The van der Waals surface area contributed by atoms with Gasteiger partial charge in [-0.15, -0.1) is 0 Å². The first-order valence-electron chi connectivity index (χ1n) is 10.2. The molecule has 27 heavy (non-hydrogen) atoms. The molecule has 2 heterocycles. The Balaban J connectivity index is 1.74. The molecular weight excluding hydrogens is 406 g/mol. The Morgan fingerprint density at radius 2 is 1.85 bits per heavy atom. The fourth-order valence-electron chi connectivity index (χ4n) is 4.11. The van der Waals surface area contributed by atoms with Crippen molar-refractivity contribution in [1.82, 2.24) is 15.1 Å². The molecular formula is C21H30BrN3O2. The number of carbonyl (C=O) groups excluding carboxylic acids is 2. The number of piperidine rings is 1. The van der Waals surface area contributed by atoms with E-state index in [0.717, 1.165) is 61.8 Å². The summed E-state index contributed by atoms with van der Waals surface area (Å²) in [5.41, 5.74) is 1.04. The average Bonchev–Trinajstić information content (AvgIpc) is 3.22. The van der Waals surface area contributed by atoms with Gasteiger partial charge in [0.1, 0.15) is 6.04 Å². The van der Waals surface area contributed by atoms with Crippen molar-refractivity contribution < 1.29 is 9.59 Å². The Morgan fingerprint density at radius 1 is 1.15 bits per heavy atom. The highest BCUT2D eigenvalue weighted by atomic mass is 79.9. The van der Waals surface area contributed by atoms with Gasteiger partial charge < -0.3 is 10.2 Å². The summed E-state index contributed by atoms with van der Waals surface area (Å²) in [6, 6.07) is 7.85. The first-order chi connectivity index (χ1) is 13.1. The Morgan fingerprint density at radius 3 is 2.52 bits per heavy atom. The third-order valence-electron chi connectivity index (χ3n) is 5.58. The Labute approximate surface area is 170 Å². The zero-order valence-electron chi connectivity index (χ0n) is 16.1. The lowest BCUT2D eigenvalue weighted by Gasteiger charge is -2.37. The van der Waals surface area contributed by atoms with Crippen LogP contribution in [0.25, 0.3) is 0 Å². The maximum absolute atomic E-state index is 13.5. The molecule has 0 bridgehead atoms. The molecule has 2 fully saturated rings. The molecule has 1 N–H and O–H groups in total. The minimum Gasteiger partial charge on any atom is -0.356 e. The summed E-state index contributed by atoms with van der Waals surface area (Å²) in [5.74, 6) is 0.154. The minimum absolute atomic E-state index is 0.0848. The van der Waals surface area contributed by atoms with Gasteiger partial charge in [-0.3, -0.25) is 14.5 Å². The number of amides is 2. The third-order valence-corrected chi connectivity index (χ3v) is 6.11. The van der Waals surface area contributed by atoms with Crippen molar-refractivity contribution in [2.45, 2.75) is 45.1 Å². The van der Waals surface area contributed by atoms with E-state index in [-0.39, 0.29) is 23.8 Å². The molecule has 2 saturated heterocycles. The van der Waals surface area contributed by atoms with E-state index in [0.29, 0.717) is 13.1 Å². The van der Waals surface area contributed by atoms with Crippen molar-refractivity contribution in [2.75, 3.05) is 32.7 Å². The number of rotatable bonds is 6. The molecule has 2 amide bonds. The SMILES string of the molecule is CCCNC(=O)[C@@H]1CCCN(C(=O)[C@H](c2ccc(Br)cc2)N2CCCC2)C1. The van der Waals surface area contributed by atoms with Crippen LogP contribution in [0.15, 0.2) is 28.7 Å². The number of hydrogen-bond acceptors (Lipinski definition) is 3. The van der Waals surface area contributed by atoms with Crippen molar-refractivity contribution in [3.05, 3.63) is 34.3 Å². The molecule has 3 rings (SSSR count). The Hall–Kier alpha value is -1.40. The molecule has 2 atom stereocenters. The van der Waals surface area contributed by atoms with Gasteiger partial charge in [0, 0.05) is 24.1 Å². The number of nitrogens with one attached hydrogen (secondary N) is 1. The van der Waals surface area contributed by atoms with E-state index in [4.69, 9.17) is 0 Å². The molecule has 0 saturated carbocycles. The van der Waals surface area contributed by atoms with E-state index in [2.05, 4.69) is 33.1 Å². The fourth-order valence-corrected chi connectivity index (χ4v) is 4.38. The van der Waals surface area contributed by atoms with Gasteiger partial charge in [0.05, 0.1) is 5.92 Å². The van der Waals surface area contributed by atoms with Crippen LogP contribution in [0.1, 0.15) is 50.6 Å². The average molecular weight is 436 g/mol. The lowest BCUT2D eigenvalue weighted by molar-refractivity contribution is -0.140. The highest BCUT2D eigenvalue weighted by Gasteiger charge is 2.36. The number of carbonyl (C=O) groups is 2. The zero-order chi connectivity index (χ0) is 19.2. The highest BCUT2D eigenvalue weighted by molar-refractivity contribution is 9.10. The molecule has 0 aromatic heterocycles. The Bertz CT molecular complexity index is 643. The quantitative estimate of drug-likeness (QED) is 0.744. The highest BCUT2D eigenvalue weighted by Crippen LogP contribution is 2.30. The summed E-state index contributed by atoms with van der Waals surface area (Å²) in [5, 5.41) is 2.99. The third kappa shape index (κ3) is 5.11. The topological polar surface area (TPSA) is 52.7 Å². The fraction of sp³-hybridized carbons (Fsp3) is 0.619. The smallest absolute Gasteiger partial charge is 0.244 e. The summed E-state index contributed by atoms with van der Waals surface area (Å²) in [6.07, 6.45) is 4.97. The number of halogens is 1. The van der Waals surface area contributed by atoms with E-state index in [1.54, 1.807) is 0 Å². The van der Waals surface area contributed by atoms with Gasteiger partial charge in [0.15, 0.2) is 0 Å². The molecule has 0 aliphatic carbocycles.